The monoisotopic (exact) mass is 359 g/mol. The van der Waals surface area contributed by atoms with Gasteiger partial charge in [0.25, 0.3) is 5.91 Å². The van der Waals surface area contributed by atoms with Crippen LogP contribution < -0.4 is 4.74 Å². The number of carbonyl (C=O) groups is 2. The molecule has 0 aromatic heterocycles. The van der Waals surface area contributed by atoms with Crippen molar-refractivity contribution in [3.8, 4) is 5.75 Å². The Balaban J connectivity index is 1.72. The summed E-state index contributed by atoms with van der Waals surface area (Å²) in [4.78, 5) is 25.3. The van der Waals surface area contributed by atoms with Gasteiger partial charge in [-0.3, -0.25) is 4.79 Å². The highest BCUT2D eigenvalue weighted by atomic mass is 19.1. The maximum absolute atomic E-state index is 13.0. The zero-order chi connectivity index (χ0) is 18.5. The molecule has 0 bridgehead atoms. The van der Waals surface area contributed by atoms with Crippen molar-refractivity contribution in [2.45, 2.75) is 12.7 Å². The molecule has 26 heavy (non-hydrogen) atoms. The first kappa shape index (κ1) is 17.9. The second-order valence-corrected chi connectivity index (χ2v) is 5.86. The van der Waals surface area contributed by atoms with E-state index in [4.69, 9.17) is 14.6 Å². The van der Waals surface area contributed by atoms with Gasteiger partial charge in [0.15, 0.2) is 6.10 Å². The lowest BCUT2D eigenvalue weighted by Crippen LogP contribution is -2.48. The maximum atomic E-state index is 13.0. The van der Waals surface area contributed by atoms with E-state index in [2.05, 4.69) is 0 Å². The van der Waals surface area contributed by atoms with Crippen LogP contribution in [0.4, 0.5) is 4.39 Å². The number of morpholine rings is 1. The average Bonchev–Trinajstić information content (AvgIpc) is 2.67. The second kappa shape index (κ2) is 7.97. The molecular weight excluding hydrogens is 341 g/mol. The van der Waals surface area contributed by atoms with Crippen LogP contribution in [0.2, 0.25) is 0 Å². The van der Waals surface area contributed by atoms with E-state index in [-0.39, 0.29) is 31.5 Å². The number of hydrogen-bond acceptors (Lipinski definition) is 4. The fourth-order valence-electron chi connectivity index (χ4n) is 2.66. The van der Waals surface area contributed by atoms with Crippen LogP contribution in [0.1, 0.15) is 15.9 Å². The number of aliphatic carboxylic acids is 1. The lowest BCUT2D eigenvalue weighted by Gasteiger charge is -2.31. The Morgan fingerprint density at radius 3 is 2.65 bits per heavy atom. The zero-order valence-electron chi connectivity index (χ0n) is 13.9. The summed E-state index contributed by atoms with van der Waals surface area (Å²) in [5.74, 6) is -1.34. The number of benzene rings is 2. The van der Waals surface area contributed by atoms with Crippen molar-refractivity contribution >= 4 is 11.9 Å². The average molecular weight is 359 g/mol. The van der Waals surface area contributed by atoms with Crippen molar-refractivity contribution < 1.29 is 28.6 Å². The van der Waals surface area contributed by atoms with Crippen molar-refractivity contribution in [1.82, 2.24) is 4.90 Å². The van der Waals surface area contributed by atoms with Crippen LogP contribution in [0.15, 0.2) is 48.5 Å². The van der Waals surface area contributed by atoms with Gasteiger partial charge in [-0.15, -0.1) is 0 Å². The molecule has 2 aromatic rings. The van der Waals surface area contributed by atoms with Gasteiger partial charge in [-0.2, -0.15) is 0 Å². The van der Waals surface area contributed by atoms with Gasteiger partial charge in [0, 0.05) is 6.54 Å². The number of carboxylic acids is 1. The summed E-state index contributed by atoms with van der Waals surface area (Å²) < 4.78 is 23.8. The van der Waals surface area contributed by atoms with E-state index >= 15 is 0 Å². The molecular formula is C19H18FNO5. The van der Waals surface area contributed by atoms with Gasteiger partial charge in [-0.25, -0.2) is 9.18 Å². The summed E-state index contributed by atoms with van der Waals surface area (Å²) in [7, 11) is 0. The van der Waals surface area contributed by atoms with E-state index in [1.54, 1.807) is 36.4 Å². The molecule has 1 aliphatic heterocycles. The van der Waals surface area contributed by atoms with Gasteiger partial charge < -0.3 is 19.5 Å². The number of halogens is 1. The Bertz CT molecular complexity index is 793. The topological polar surface area (TPSA) is 76.1 Å². The summed E-state index contributed by atoms with van der Waals surface area (Å²) in [5, 5.41) is 9.08. The molecule has 0 aliphatic carbocycles. The van der Waals surface area contributed by atoms with E-state index < -0.39 is 12.1 Å². The zero-order valence-corrected chi connectivity index (χ0v) is 13.9. The maximum Gasteiger partial charge on any atom is 0.334 e. The quantitative estimate of drug-likeness (QED) is 0.887. The third kappa shape index (κ3) is 4.18. The molecule has 0 saturated carbocycles. The Kier molecular flexibility index (Phi) is 5.48. The van der Waals surface area contributed by atoms with Gasteiger partial charge in [0.05, 0.1) is 18.7 Å². The largest absolute Gasteiger partial charge is 0.488 e. The van der Waals surface area contributed by atoms with Gasteiger partial charge in [-0.05, 0) is 29.8 Å². The number of hydrogen-bond donors (Lipinski definition) is 1. The standard InChI is InChI=1S/C19H18FNO5/c20-14-7-5-13(6-8-14)12-26-16-4-2-1-3-15(16)18(22)21-9-10-25-17(11-21)19(23)24/h1-8,17H,9-12H2,(H,23,24). The second-order valence-electron chi connectivity index (χ2n) is 5.86. The molecule has 1 saturated heterocycles. The number of amides is 1. The van der Waals surface area contributed by atoms with Crippen LogP contribution in [-0.4, -0.2) is 47.7 Å². The van der Waals surface area contributed by atoms with Crippen molar-refractivity contribution in [3.63, 3.8) is 0 Å². The molecule has 1 N–H and O–H groups in total. The lowest BCUT2D eigenvalue weighted by atomic mass is 10.1. The molecule has 6 nitrogen and oxygen atoms in total. The molecule has 1 amide bonds. The Morgan fingerprint density at radius 1 is 1.19 bits per heavy atom. The summed E-state index contributed by atoms with van der Waals surface area (Å²) in [6.45, 7) is 0.655. The first-order valence-electron chi connectivity index (χ1n) is 8.14. The molecule has 2 aromatic carbocycles. The highest BCUT2D eigenvalue weighted by Crippen LogP contribution is 2.22. The SMILES string of the molecule is O=C(O)C1CN(C(=O)c2ccccc2OCc2ccc(F)cc2)CCO1. The minimum Gasteiger partial charge on any atom is -0.488 e. The van der Waals surface area contributed by atoms with Crippen molar-refractivity contribution in [3.05, 3.63) is 65.5 Å². The number of carbonyl (C=O) groups excluding carboxylic acids is 1. The van der Waals surface area contributed by atoms with Crippen molar-refractivity contribution in [2.75, 3.05) is 19.7 Å². The number of ether oxygens (including phenoxy) is 2. The number of carboxylic acid groups (broad SMARTS) is 1. The van der Waals surface area contributed by atoms with E-state index in [1.807, 2.05) is 0 Å². The van der Waals surface area contributed by atoms with E-state index in [0.29, 0.717) is 17.9 Å². The van der Waals surface area contributed by atoms with Crippen LogP contribution in [-0.2, 0) is 16.1 Å². The first-order valence-corrected chi connectivity index (χ1v) is 8.14. The molecule has 136 valence electrons. The Labute approximate surface area is 149 Å². The van der Waals surface area contributed by atoms with E-state index in [9.17, 15) is 14.0 Å². The van der Waals surface area contributed by atoms with Gasteiger partial charge in [-0.1, -0.05) is 24.3 Å². The summed E-state index contributed by atoms with van der Waals surface area (Å²) in [5.41, 5.74) is 1.12. The molecule has 1 atom stereocenters. The first-order chi connectivity index (χ1) is 12.5. The van der Waals surface area contributed by atoms with Crippen LogP contribution in [0.5, 0.6) is 5.75 Å². The third-order valence-corrected chi connectivity index (χ3v) is 4.05. The Hall–Kier alpha value is -2.93. The van der Waals surface area contributed by atoms with E-state index in [1.165, 1.54) is 17.0 Å². The Morgan fingerprint density at radius 2 is 1.92 bits per heavy atom. The van der Waals surface area contributed by atoms with Gasteiger partial charge in [0.2, 0.25) is 0 Å². The summed E-state index contributed by atoms with van der Waals surface area (Å²) in [6.07, 6.45) is -1.03. The van der Waals surface area contributed by atoms with Crippen LogP contribution >= 0.6 is 0 Å². The third-order valence-electron chi connectivity index (χ3n) is 4.05. The smallest absolute Gasteiger partial charge is 0.334 e. The highest BCUT2D eigenvalue weighted by Gasteiger charge is 2.30. The molecule has 0 radical (unpaired) electrons. The molecule has 0 spiro atoms. The molecule has 1 heterocycles. The van der Waals surface area contributed by atoms with E-state index in [0.717, 1.165) is 5.56 Å². The molecule has 1 unspecified atom stereocenters. The van der Waals surface area contributed by atoms with Crippen molar-refractivity contribution in [1.29, 1.82) is 0 Å². The fourth-order valence-corrected chi connectivity index (χ4v) is 2.66. The number of nitrogens with zero attached hydrogens (tertiary/aromatic N) is 1. The number of para-hydroxylation sites is 1. The summed E-state index contributed by atoms with van der Waals surface area (Å²) >= 11 is 0. The normalized spacial score (nSPS) is 17.0. The molecule has 1 aliphatic rings. The lowest BCUT2D eigenvalue weighted by molar-refractivity contribution is -0.154. The van der Waals surface area contributed by atoms with Crippen LogP contribution in [0, 0.1) is 5.82 Å². The minimum atomic E-state index is -1.09. The van der Waals surface area contributed by atoms with Crippen LogP contribution in [0.25, 0.3) is 0 Å². The molecule has 3 rings (SSSR count). The number of rotatable bonds is 5. The van der Waals surface area contributed by atoms with Crippen molar-refractivity contribution in [2.24, 2.45) is 0 Å². The van der Waals surface area contributed by atoms with Gasteiger partial charge in [0.1, 0.15) is 18.2 Å². The molecule has 7 heteroatoms. The predicted octanol–water partition coefficient (Wildman–Crippen LogP) is 2.33. The van der Waals surface area contributed by atoms with Gasteiger partial charge >= 0.3 is 5.97 Å². The summed E-state index contributed by atoms with van der Waals surface area (Å²) in [6, 6.07) is 12.7. The minimum absolute atomic E-state index is 0.0134. The predicted molar refractivity (Wildman–Crippen MR) is 90.5 cm³/mol. The highest BCUT2D eigenvalue weighted by molar-refractivity contribution is 5.97. The fraction of sp³-hybridized carbons (Fsp3) is 0.263. The molecule has 1 fully saturated rings. The van der Waals surface area contributed by atoms with Crippen LogP contribution in [0.3, 0.4) is 0 Å².